The standard InChI is InChI=1S/C17H17NO6/c18-14(9-10-1-5-12(19)6-2-10)17(23)24-13-7-3-11(4-8-13)15(20)16(21)22/h1-8,14-15,19-20H,9,18H2,(H,21,22)/t14-,15?/m0/s1. The molecule has 0 aliphatic rings. The highest BCUT2D eigenvalue weighted by atomic mass is 16.5. The van der Waals surface area contributed by atoms with Gasteiger partial charge in [0.1, 0.15) is 17.5 Å². The van der Waals surface area contributed by atoms with Crippen LogP contribution in [0.25, 0.3) is 0 Å². The smallest absolute Gasteiger partial charge is 0.337 e. The third-order valence-corrected chi connectivity index (χ3v) is 3.34. The number of carboxylic acids is 1. The van der Waals surface area contributed by atoms with Crippen molar-refractivity contribution in [3.8, 4) is 11.5 Å². The van der Waals surface area contributed by atoms with Crippen LogP contribution in [0.1, 0.15) is 17.2 Å². The van der Waals surface area contributed by atoms with Gasteiger partial charge >= 0.3 is 11.9 Å². The topological polar surface area (TPSA) is 130 Å². The Bertz CT molecular complexity index is 711. The number of aliphatic carboxylic acids is 1. The highest BCUT2D eigenvalue weighted by molar-refractivity contribution is 5.78. The molecule has 2 atom stereocenters. The predicted octanol–water partition coefficient (Wildman–Crippen LogP) is 0.986. The maximum atomic E-state index is 12.0. The zero-order valence-electron chi connectivity index (χ0n) is 12.6. The second-order valence-corrected chi connectivity index (χ2v) is 5.21. The minimum atomic E-state index is -1.63. The number of esters is 1. The van der Waals surface area contributed by atoms with E-state index in [9.17, 15) is 19.8 Å². The summed E-state index contributed by atoms with van der Waals surface area (Å²) in [5.74, 6) is -1.69. The molecule has 0 saturated carbocycles. The third-order valence-electron chi connectivity index (χ3n) is 3.34. The van der Waals surface area contributed by atoms with Gasteiger partial charge in [-0.3, -0.25) is 0 Å². The van der Waals surface area contributed by atoms with Gasteiger partial charge in [0, 0.05) is 0 Å². The normalized spacial score (nSPS) is 13.1. The van der Waals surface area contributed by atoms with Gasteiger partial charge in [0.15, 0.2) is 6.10 Å². The lowest BCUT2D eigenvalue weighted by atomic mass is 10.1. The molecular weight excluding hydrogens is 314 g/mol. The molecule has 0 spiro atoms. The molecule has 0 aliphatic heterocycles. The predicted molar refractivity (Wildman–Crippen MR) is 84.5 cm³/mol. The molecule has 7 heteroatoms. The number of phenolic OH excluding ortho intramolecular Hbond substituents is 1. The number of carboxylic acid groups (broad SMARTS) is 1. The minimum absolute atomic E-state index is 0.124. The number of aliphatic hydroxyl groups excluding tert-OH is 1. The molecule has 2 aromatic carbocycles. The van der Waals surface area contributed by atoms with Crippen molar-refractivity contribution in [3.05, 3.63) is 59.7 Å². The molecule has 5 N–H and O–H groups in total. The number of hydrogen-bond acceptors (Lipinski definition) is 6. The van der Waals surface area contributed by atoms with E-state index in [0.717, 1.165) is 5.56 Å². The van der Waals surface area contributed by atoms with Gasteiger partial charge in [-0.2, -0.15) is 0 Å². The zero-order chi connectivity index (χ0) is 17.7. The zero-order valence-corrected chi connectivity index (χ0v) is 12.6. The molecule has 0 amide bonds. The Morgan fingerprint density at radius 2 is 1.62 bits per heavy atom. The molecule has 0 bridgehead atoms. The maximum Gasteiger partial charge on any atom is 0.337 e. The number of nitrogens with two attached hydrogens (primary N) is 1. The van der Waals surface area contributed by atoms with Crippen molar-refractivity contribution in [1.82, 2.24) is 0 Å². The summed E-state index contributed by atoms with van der Waals surface area (Å²) in [6, 6.07) is 10.9. The van der Waals surface area contributed by atoms with Gasteiger partial charge < -0.3 is 25.8 Å². The van der Waals surface area contributed by atoms with Crippen LogP contribution in [0.5, 0.6) is 11.5 Å². The van der Waals surface area contributed by atoms with Gasteiger partial charge in [0.05, 0.1) is 0 Å². The molecule has 1 unspecified atom stereocenters. The van der Waals surface area contributed by atoms with Crippen LogP contribution in [0.2, 0.25) is 0 Å². The summed E-state index contributed by atoms with van der Waals surface area (Å²) in [5, 5.41) is 27.3. The summed E-state index contributed by atoms with van der Waals surface area (Å²) >= 11 is 0. The van der Waals surface area contributed by atoms with Gasteiger partial charge in [0.25, 0.3) is 0 Å². The van der Waals surface area contributed by atoms with Crippen LogP contribution >= 0.6 is 0 Å². The van der Waals surface area contributed by atoms with Crippen LogP contribution in [0.15, 0.2) is 48.5 Å². The molecule has 2 aromatic rings. The van der Waals surface area contributed by atoms with Crippen LogP contribution in [-0.4, -0.2) is 33.3 Å². The minimum Gasteiger partial charge on any atom is -0.508 e. The van der Waals surface area contributed by atoms with Crippen LogP contribution in [-0.2, 0) is 16.0 Å². The Hall–Kier alpha value is -2.90. The van der Waals surface area contributed by atoms with Crippen molar-refractivity contribution in [2.24, 2.45) is 5.73 Å². The molecule has 0 aromatic heterocycles. The lowest BCUT2D eigenvalue weighted by Gasteiger charge is -2.12. The molecular formula is C17H17NO6. The van der Waals surface area contributed by atoms with Crippen molar-refractivity contribution in [3.63, 3.8) is 0 Å². The van der Waals surface area contributed by atoms with E-state index < -0.39 is 24.1 Å². The largest absolute Gasteiger partial charge is 0.508 e. The van der Waals surface area contributed by atoms with Crippen LogP contribution < -0.4 is 10.5 Å². The van der Waals surface area contributed by atoms with Crippen LogP contribution in [0.3, 0.4) is 0 Å². The highest BCUT2D eigenvalue weighted by Gasteiger charge is 2.18. The highest BCUT2D eigenvalue weighted by Crippen LogP contribution is 2.19. The molecule has 24 heavy (non-hydrogen) atoms. The monoisotopic (exact) mass is 331 g/mol. The molecule has 0 radical (unpaired) electrons. The van der Waals surface area contributed by atoms with Crippen molar-refractivity contribution in [2.75, 3.05) is 0 Å². The van der Waals surface area contributed by atoms with Gasteiger partial charge in [0.2, 0.25) is 0 Å². The summed E-state index contributed by atoms with van der Waals surface area (Å²) in [6.07, 6.45) is -1.39. The summed E-state index contributed by atoms with van der Waals surface area (Å²) in [5.41, 5.74) is 6.75. The van der Waals surface area contributed by atoms with E-state index in [2.05, 4.69) is 0 Å². The number of carbonyl (C=O) groups is 2. The quantitative estimate of drug-likeness (QED) is 0.458. The number of aliphatic hydroxyl groups is 1. The van der Waals surface area contributed by atoms with Crippen molar-refractivity contribution >= 4 is 11.9 Å². The summed E-state index contributed by atoms with van der Waals surface area (Å²) in [7, 11) is 0. The fourth-order valence-electron chi connectivity index (χ4n) is 2.02. The molecule has 126 valence electrons. The number of carbonyl (C=O) groups excluding carboxylic acids is 1. The van der Waals surface area contributed by atoms with Gasteiger partial charge in [-0.1, -0.05) is 24.3 Å². The lowest BCUT2D eigenvalue weighted by molar-refractivity contribution is -0.147. The number of aromatic hydroxyl groups is 1. The number of hydrogen-bond donors (Lipinski definition) is 4. The Morgan fingerprint density at radius 1 is 1.04 bits per heavy atom. The molecule has 7 nitrogen and oxygen atoms in total. The van der Waals surface area contributed by atoms with Gasteiger partial charge in [-0.15, -0.1) is 0 Å². The fraction of sp³-hybridized carbons (Fsp3) is 0.176. The second kappa shape index (κ2) is 7.58. The number of ether oxygens (including phenoxy) is 1. The molecule has 0 aliphatic carbocycles. The van der Waals surface area contributed by atoms with Crippen molar-refractivity contribution in [1.29, 1.82) is 0 Å². The van der Waals surface area contributed by atoms with Gasteiger partial charge in [-0.05, 0) is 41.8 Å². The third kappa shape index (κ3) is 4.55. The molecule has 0 fully saturated rings. The lowest BCUT2D eigenvalue weighted by Crippen LogP contribution is -2.36. The average molecular weight is 331 g/mol. The summed E-state index contributed by atoms with van der Waals surface area (Å²) < 4.78 is 5.12. The molecule has 0 heterocycles. The number of phenols is 1. The van der Waals surface area contributed by atoms with Crippen molar-refractivity contribution < 1.29 is 29.6 Å². The van der Waals surface area contributed by atoms with E-state index in [1.165, 1.54) is 36.4 Å². The first-order valence-electron chi connectivity index (χ1n) is 7.13. The maximum absolute atomic E-state index is 12.0. The van der Waals surface area contributed by atoms with E-state index in [1.807, 2.05) is 0 Å². The van der Waals surface area contributed by atoms with E-state index in [-0.39, 0.29) is 23.5 Å². The first-order valence-corrected chi connectivity index (χ1v) is 7.13. The van der Waals surface area contributed by atoms with Crippen LogP contribution in [0.4, 0.5) is 0 Å². The number of benzene rings is 2. The van der Waals surface area contributed by atoms with Gasteiger partial charge in [-0.25, -0.2) is 9.59 Å². The molecule has 2 rings (SSSR count). The second-order valence-electron chi connectivity index (χ2n) is 5.21. The van der Waals surface area contributed by atoms with Crippen molar-refractivity contribution in [2.45, 2.75) is 18.6 Å². The Kier molecular flexibility index (Phi) is 5.51. The number of rotatable bonds is 6. The van der Waals surface area contributed by atoms with Crippen LogP contribution in [0, 0.1) is 0 Å². The average Bonchev–Trinajstić information content (AvgIpc) is 2.56. The first-order chi connectivity index (χ1) is 11.4. The SMILES string of the molecule is N[C@@H](Cc1ccc(O)cc1)C(=O)Oc1ccc(C(O)C(=O)O)cc1. The van der Waals surface area contributed by atoms with E-state index in [4.69, 9.17) is 15.6 Å². The Balaban J connectivity index is 1.95. The summed E-state index contributed by atoms with van der Waals surface area (Å²) in [4.78, 5) is 22.6. The first kappa shape index (κ1) is 17.5. The van der Waals surface area contributed by atoms with E-state index in [0.29, 0.717) is 0 Å². The fourth-order valence-corrected chi connectivity index (χ4v) is 2.02. The molecule has 0 saturated heterocycles. The Morgan fingerprint density at radius 3 is 2.17 bits per heavy atom. The summed E-state index contributed by atoms with van der Waals surface area (Å²) in [6.45, 7) is 0. The Labute approximate surface area is 137 Å². The van der Waals surface area contributed by atoms with E-state index >= 15 is 0 Å². The van der Waals surface area contributed by atoms with E-state index in [1.54, 1.807) is 12.1 Å².